The number of hydrogen-bond acceptors (Lipinski definition) is 9. The topological polar surface area (TPSA) is 102 Å². The molecule has 4 aromatic rings. The molecule has 0 unspecified atom stereocenters. The number of anilines is 1. The van der Waals surface area contributed by atoms with Crippen molar-refractivity contribution in [2.75, 3.05) is 11.5 Å². The molecule has 6 rings (SSSR count). The molecule has 0 saturated carbocycles. The Kier molecular flexibility index (Phi) is 8.91. The SMILES string of the molecule is CC(C)CCOc1cccc([C@@H]2/C(=C(\O)c3ccc4c(c3)C[C@@H](C)O4)C(=O)C(=O)N2c2nnc(SCc3ccc(F)cc3)s2)c1. The molecule has 11 heteroatoms. The fourth-order valence-corrected chi connectivity index (χ4v) is 7.16. The lowest BCUT2D eigenvalue weighted by atomic mass is 9.94. The summed E-state index contributed by atoms with van der Waals surface area (Å²) in [7, 11) is 0. The van der Waals surface area contributed by atoms with E-state index < -0.39 is 17.7 Å². The molecule has 2 aliphatic heterocycles. The minimum atomic E-state index is -0.968. The largest absolute Gasteiger partial charge is 0.507 e. The Balaban J connectivity index is 1.37. The highest BCUT2D eigenvalue weighted by molar-refractivity contribution is 8.00. The molecule has 0 spiro atoms. The predicted octanol–water partition coefficient (Wildman–Crippen LogP) is 7.34. The van der Waals surface area contributed by atoms with E-state index in [0.29, 0.717) is 45.9 Å². The molecule has 1 N–H and O–H groups in total. The van der Waals surface area contributed by atoms with Crippen LogP contribution in [-0.4, -0.2) is 39.7 Å². The van der Waals surface area contributed by atoms with Gasteiger partial charge in [0.15, 0.2) is 4.34 Å². The summed E-state index contributed by atoms with van der Waals surface area (Å²) in [5, 5.41) is 20.4. The first kappa shape index (κ1) is 30.8. The number of aromatic nitrogens is 2. The number of ketones is 1. The molecule has 45 heavy (non-hydrogen) atoms. The molecule has 2 atom stereocenters. The Morgan fingerprint density at radius 3 is 2.71 bits per heavy atom. The standard InChI is InChI=1S/C34H32FN3O5S2/c1-19(2)13-14-42-26-6-4-5-22(17-26)29-28(30(39)23-9-12-27-24(16-23)15-20(3)43-27)31(40)32(41)38(29)33-36-37-34(45-33)44-18-21-7-10-25(35)11-8-21/h4-12,16-17,19-20,29,39H,13-15,18H2,1-3H3/b30-28+/t20-,29-/m1/s1. The highest BCUT2D eigenvalue weighted by Crippen LogP contribution is 2.45. The van der Waals surface area contributed by atoms with Gasteiger partial charge < -0.3 is 14.6 Å². The van der Waals surface area contributed by atoms with Crippen molar-refractivity contribution in [1.29, 1.82) is 0 Å². The number of ether oxygens (including phenoxy) is 2. The number of amides is 1. The summed E-state index contributed by atoms with van der Waals surface area (Å²) in [5.74, 6) is 0.111. The first-order valence-electron chi connectivity index (χ1n) is 14.7. The van der Waals surface area contributed by atoms with Crippen molar-refractivity contribution in [3.63, 3.8) is 0 Å². The minimum absolute atomic E-state index is 0.00828. The van der Waals surface area contributed by atoms with E-state index in [-0.39, 0.29) is 28.4 Å². The molecule has 3 heterocycles. The Morgan fingerprint density at radius 1 is 1.13 bits per heavy atom. The third-order valence-electron chi connectivity index (χ3n) is 7.63. The van der Waals surface area contributed by atoms with Gasteiger partial charge in [-0.15, -0.1) is 10.2 Å². The van der Waals surface area contributed by atoms with Crippen LogP contribution in [0.1, 0.15) is 55.5 Å². The summed E-state index contributed by atoms with van der Waals surface area (Å²) >= 11 is 2.57. The predicted molar refractivity (Wildman–Crippen MR) is 172 cm³/mol. The van der Waals surface area contributed by atoms with Crippen LogP contribution in [0.25, 0.3) is 5.76 Å². The summed E-state index contributed by atoms with van der Waals surface area (Å²) in [5.41, 5.74) is 2.80. The maximum absolute atomic E-state index is 13.7. The molecule has 2 aliphatic rings. The summed E-state index contributed by atoms with van der Waals surface area (Å²) in [6.07, 6.45) is 1.55. The van der Waals surface area contributed by atoms with Gasteiger partial charge in [-0.1, -0.05) is 61.2 Å². The van der Waals surface area contributed by atoms with Crippen LogP contribution in [0.5, 0.6) is 11.5 Å². The van der Waals surface area contributed by atoms with E-state index in [0.717, 1.165) is 23.3 Å². The molecule has 0 radical (unpaired) electrons. The fourth-order valence-electron chi connectivity index (χ4n) is 5.34. The third kappa shape index (κ3) is 6.60. The smallest absolute Gasteiger partial charge is 0.301 e. The second-order valence-electron chi connectivity index (χ2n) is 11.5. The van der Waals surface area contributed by atoms with E-state index in [1.807, 2.05) is 13.0 Å². The van der Waals surface area contributed by atoms with E-state index in [9.17, 15) is 19.1 Å². The summed E-state index contributed by atoms with van der Waals surface area (Å²) in [6, 6.07) is 17.7. The molecular formula is C34H32FN3O5S2. The van der Waals surface area contributed by atoms with Crippen LogP contribution < -0.4 is 14.4 Å². The maximum Gasteiger partial charge on any atom is 0.301 e. The lowest BCUT2D eigenvalue weighted by Crippen LogP contribution is -2.29. The number of thioether (sulfide) groups is 1. The summed E-state index contributed by atoms with van der Waals surface area (Å²) in [6.45, 7) is 6.72. The number of carbonyl (C=O) groups is 2. The lowest BCUT2D eigenvalue weighted by Gasteiger charge is -2.23. The van der Waals surface area contributed by atoms with E-state index in [1.165, 1.54) is 40.1 Å². The molecule has 1 fully saturated rings. The second-order valence-corrected chi connectivity index (χ2v) is 13.7. The van der Waals surface area contributed by atoms with Gasteiger partial charge in [-0.25, -0.2) is 4.39 Å². The first-order valence-corrected chi connectivity index (χ1v) is 16.5. The third-order valence-corrected chi connectivity index (χ3v) is 9.76. The Bertz CT molecular complexity index is 1770. The Hall–Kier alpha value is -4.22. The molecular weight excluding hydrogens is 614 g/mol. The number of carbonyl (C=O) groups excluding carboxylic acids is 2. The Morgan fingerprint density at radius 2 is 1.93 bits per heavy atom. The van der Waals surface area contributed by atoms with Gasteiger partial charge in [0.05, 0.1) is 18.2 Å². The van der Waals surface area contributed by atoms with E-state index in [1.54, 1.807) is 48.5 Å². The van der Waals surface area contributed by atoms with Crippen molar-refractivity contribution >= 4 is 45.7 Å². The highest BCUT2D eigenvalue weighted by Gasteiger charge is 2.48. The number of rotatable bonds is 10. The molecule has 1 aromatic heterocycles. The fraction of sp³-hybridized carbons (Fsp3) is 0.294. The van der Waals surface area contributed by atoms with Gasteiger partial charge in [-0.05, 0) is 78.4 Å². The van der Waals surface area contributed by atoms with Crippen molar-refractivity contribution in [2.24, 2.45) is 5.92 Å². The Labute approximate surface area is 268 Å². The van der Waals surface area contributed by atoms with Gasteiger partial charge in [0.2, 0.25) is 5.13 Å². The molecule has 232 valence electrons. The number of nitrogens with zero attached hydrogens (tertiary/aromatic N) is 3. The number of aliphatic hydroxyl groups excluding tert-OH is 1. The van der Waals surface area contributed by atoms with E-state index in [2.05, 4.69) is 24.0 Å². The summed E-state index contributed by atoms with van der Waals surface area (Å²) < 4.78 is 25.7. The van der Waals surface area contributed by atoms with Crippen LogP contribution >= 0.6 is 23.1 Å². The molecule has 1 saturated heterocycles. The maximum atomic E-state index is 13.7. The zero-order chi connectivity index (χ0) is 31.7. The average Bonchev–Trinajstić information content (AvgIpc) is 3.71. The quantitative estimate of drug-likeness (QED) is 0.0629. The number of Topliss-reactive ketones (excluding diaryl/α,β-unsaturated/α-hetero) is 1. The molecule has 8 nitrogen and oxygen atoms in total. The minimum Gasteiger partial charge on any atom is -0.507 e. The summed E-state index contributed by atoms with van der Waals surface area (Å²) in [4.78, 5) is 28.7. The van der Waals surface area contributed by atoms with Gasteiger partial charge in [0.25, 0.3) is 5.78 Å². The van der Waals surface area contributed by atoms with Crippen molar-refractivity contribution in [1.82, 2.24) is 10.2 Å². The zero-order valence-electron chi connectivity index (χ0n) is 25.0. The van der Waals surface area contributed by atoms with Crippen molar-refractivity contribution in [2.45, 2.75) is 55.9 Å². The van der Waals surface area contributed by atoms with Crippen molar-refractivity contribution < 1.29 is 28.6 Å². The highest BCUT2D eigenvalue weighted by atomic mass is 32.2. The molecule has 0 bridgehead atoms. The molecule has 1 amide bonds. The van der Waals surface area contributed by atoms with Crippen LogP contribution in [0.2, 0.25) is 0 Å². The average molecular weight is 646 g/mol. The van der Waals surface area contributed by atoms with Crippen LogP contribution in [0.4, 0.5) is 9.52 Å². The molecule has 0 aliphatic carbocycles. The number of hydrogen-bond donors (Lipinski definition) is 1. The lowest BCUT2D eigenvalue weighted by molar-refractivity contribution is -0.132. The zero-order valence-corrected chi connectivity index (χ0v) is 26.7. The number of halogens is 1. The van der Waals surface area contributed by atoms with Crippen molar-refractivity contribution in [3.05, 3.63) is 100 Å². The van der Waals surface area contributed by atoms with Gasteiger partial charge in [-0.3, -0.25) is 14.5 Å². The van der Waals surface area contributed by atoms with Crippen LogP contribution in [0, 0.1) is 11.7 Å². The van der Waals surface area contributed by atoms with Crippen LogP contribution in [0.15, 0.2) is 76.6 Å². The van der Waals surface area contributed by atoms with Gasteiger partial charge in [-0.2, -0.15) is 0 Å². The first-order chi connectivity index (χ1) is 21.7. The van der Waals surface area contributed by atoms with Crippen LogP contribution in [0.3, 0.4) is 0 Å². The normalized spacial score (nSPS) is 18.8. The van der Waals surface area contributed by atoms with E-state index in [4.69, 9.17) is 9.47 Å². The van der Waals surface area contributed by atoms with Crippen molar-refractivity contribution in [3.8, 4) is 11.5 Å². The second kappa shape index (κ2) is 13.0. The van der Waals surface area contributed by atoms with E-state index >= 15 is 0 Å². The van der Waals surface area contributed by atoms with Crippen LogP contribution in [-0.2, 0) is 21.8 Å². The monoisotopic (exact) mass is 645 g/mol. The van der Waals surface area contributed by atoms with Gasteiger partial charge >= 0.3 is 5.91 Å². The molecule has 3 aromatic carbocycles. The van der Waals surface area contributed by atoms with Gasteiger partial charge in [0.1, 0.15) is 29.2 Å². The number of aliphatic hydroxyl groups is 1. The number of benzene rings is 3. The number of fused-ring (bicyclic) bond motifs is 1. The van der Waals surface area contributed by atoms with Gasteiger partial charge in [0, 0.05) is 17.7 Å².